The lowest BCUT2D eigenvalue weighted by Gasteiger charge is -2.14. The number of hydrogen-bond acceptors (Lipinski definition) is 55. The number of nitrogens with two attached hydrogens (primary N) is 8. The van der Waals surface area contributed by atoms with Crippen LogP contribution in [0.2, 0.25) is 0 Å². The van der Waals surface area contributed by atoms with E-state index in [1.54, 1.807) is 84.9 Å². The minimum Gasteiger partial charge on any atom is -0.463 e. The molecular formula is C83H138N20O46. The summed E-state index contributed by atoms with van der Waals surface area (Å²) in [5.41, 5.74) is 46.9. The van der Waals surface area contributed by atoms with Crippen molar-refractivity contribution in [2.75, 3.05) is 98.8 Å². The van der Waals surface area contributed by atoms with Gasteiger partial charge in [-0.15, -0.1) is 80.9 Å². The second-order valence-electron chi connectivity index (χ2n) is 30.8. The molecule has 28 N–H and O–H groups in total. The highest BCUT2D eigenvalue weighted by Crippen LogP contribution is 2.19. The average Bonchev–Trinajstić information content (AvgIpc) is 0.887. The van der Waals surface area contributed by atoms with Gasteiger partial charge in [0.05, 0.1) is 81.9 Å². The van der Waals surface area contributed by atoms with Crippen LogP contribution in [0, 0.1) is 80.9 Å². The number of hydrogen-bond donors (Lipinski definition) is 20. The van der Waals surface area contributed by atoms with E-state index in [2.05, 4.69) is 60.0 Å². The molecule has 0 aromatic heterocycles. The molecule has 16 atom stereocenters. The predicted octanol–water partition coefficient (Wildman–Crippen LogP) is -4.86. The standard InChI is InChI=1S/C13H18N2O6.3C12H16N2O6.C10H21N3O5.2C8H17N3O6.C8H17N3O5/c1-9(16)12(14)13(17)21-11-6-2-4-10(8-11)5-3-7-20-15(18)19;1-8(15)11(13)12(16)19-6-9-2-4-10(5-3-9)7-20-14(17)18;1-8(15)11(13)12(16)20-10-4-2-9(3-5-10)6-7-19-14(17)18;1-8(15)11(13)12(16)20-10-4-2-3-9(7-10)5-6-19-14(17)18;1-8(14)9(11)10(15)12-6-4-2-3-5-7-18-13(16)17;1-6(12)7(9)8(13)16-4-2-10-3-5-17-11(14)15;1-6(12)7(9)8(13)10-2-3-16-4-5-17-11(14)15;1-6(12)7(9)8(13)10-4-2-3-5-16-11(14)15/h2,4,6,8-9,12,16H,3,5,7,14H2,1H3;2*2-5,8,11,15H,6-7,13H2,1H3;2-4,7-8,11,15H,5-6,13H2,1H3;8-9,14H,2-7,11H2,1H3,(H,12,15);6-7,10,12H,2-5,9H2,1H3;6-7,12H,2-5,9H2,1H3,(H,10,13);6-7,12H,2-5,9H2,1H3,(H,10,13). The lowest BCUT2D eigenvalue weighted by Crippen LogP contribution is -2.47. The number of aryl methyl sites for hydroxylation is 1. The third kappa shape index (κ3) is 79.4. The van der Waals surface area contributed by atoms with Crippen LogP contribution in [-0.4, -0.2) is 325 Å². The van der Waals surface area contributed by atoms with Gasteiger partial charge in [-0.05, 0) is 171 Å². The summed E-state index contributed by atoms with van der Waals surface area (Å²) in [6.45, 7) is 12.8. The fourth-order valence-electron chi connectivity index (χ4n) is 9.47. The van der Waals surface area contributed by atoms with Gasteiger partial charge in [0.25, 0.3) is 40.7 Å². The van der Waals surface area contributed by atoms with Crippen LogP contribution in [0.25, 0.3) is 0 Å². The van der Waals surface area contributed by atoms with Crippen molar-refractivity contribution in [1.29, 1.82) is 0 Å². The monoisotopic (exact) mass is 2150 g/mol. The Hall–Kier alpha value is -14.5. The number of benzene rings is 4. The number of nitrogens with zero attached hydrogens (tertiary/aromatic N) is 8. The first-order valence-corrected chi connectivity index (χ1v) is 45.0. The molecule has 0 heterocycles. The van der Waals surface area contributed by atoms with Gasteiger partial charge < -0.3 is 175 Å². The quantitative estimate of drug-likeness (QED) is 0.00648. The van der Waals surface area contributed by atoms with Crippen molar-refractivity contribution in [2.45, 2.75) is 230 Å². The zero-order valence-corrected chi connectivity index (χ0v) is 82.9. The molecule has 66 nitrogen and oxygen atoms in total. The topological polar surface area (TPSA) is 1030 Å². The molecule has 0 radical (unpaired) electrons. The van der Waals surface area contributed by atoms with E-state index in [1.807, 2.05) is 0 Å². The Morgan fingerprint density at radius 2 is 0.564 bits per heavy atom. The Morgan fingerprint density at radius 1 is 0.268 bits per heavy atom. The molecule has 4 aromatic carbocycles. The van der Waals surface area contributed by atoms with E-state index in [-0.39, 0.29) is 110 Å². The number of carbonyl (C=O) groups is 8. The maximum Gasteiger partial charge on any atom is 0.330 e. The van der Waals surface area contributed by atoms with Gasteiger partial charge in [0.15, 0.2) is 0 Å². The maximum absolute atomic E-state index is 11.6. The summed E-state index contributed by atoms with van der Waals surface area (Å²) in [4.78, 5) is 203. The molecule has 0 aliphatic rings. The first-order valence-electron chi connectivity index (χ1n) is 45.0. The molecule has 149 heavy (non-hydrogen) atoms. The highest BCUT2D eigenvalue weighted by molar-refractivity contribution is 5.83. The summed E-state index contributed by atoms with van der Waals surface area (Å²) in [6, 6.07) is 17.8. The van der Waals surface area contributed by atoms with Crippen molar-refractivity contribution in [3.63, 3.8) is 0 Å². The SMILES string of the molecule is CC(O)C(N)C(=O)NCCCCCCO[N+](=O)[O-].CC(O)C(N)C(=O)NCCCCO[N+](=O)[O-].CC(O)C(N)C(=O)NCCOCCO[N+](=O)[O-].CC(O)C(N)C(=O)OCCNCCO[N+](=O)[O-].CC(O)C(N)C(=O)OCc1ccc(CO[N+](=O)[O-])cc1.CC(O)C(N)C(=O)Oc1ccc(CCO[N+](=O)[O-])cc1.CC(O)C(N)C(=O)Oc1cccc(CCCO[N+](=O)[O-])c1.CC(O)C(N)C(=O)Oc1cccc(CCO[N+](=O)[O-])c1. The molecule has 0 bridgehead atoms. The molecule has 0 fully saturated rings. The molecule has 0 aliphatic heterocycles. The van der Waals surface area contributed by atoms with E-state index in [9.17, 15) is 129 Å². The van der Waals surface area contributed by atoms with E-state index in [0.717, 1.165) is 30.4 Å². The molecule has 0 aliphatic carbocycles. The number of nitrogens with one attached hydrogen (secondary N) is 4. The predicted molar refractivity (Wildman–Crippen MR) is 509 cm³/mol. The highest BCUT2D eigenvalue weighted by Gasteiger charge is 2.27. The third-order valence-electron chi connectivity index (χ3n) is 18.1. The number of amides is 3. The van der Waals surface area contributed by atoms with Crippen LogP contribution in [-0.2, 0) is 124 Å². The fourth-order valence-corrected chi connectivity index (χ4v) is 9.47. The second-order valence-corrected chi connectivity index (χ2v) is 30.8. The van der Waals surface area contributed by atoms with E-state index < -0.39 is 180 Å². The average molecular weight is 2150 g/mol. The number of rotatable bonds is 65. The molecule has 16 unspecified atom stereocenters. The summed E-state index contributed by atoms with van der Waals surface area (Å²) in [5.74, 6) is -4.04. The fraction of sp³-hybridized carbons (Fsp3) is 0.614. The largest absolute Gasteiger partial charge is 0.463 e. The van der Waals surface area contributed by atoms with Crippen molar-refractivity contribution >= 4 is 47.6 Å². The minimum absolute atomic E-state index is 0.00389. The van der Waals surface area contributed by atoms with Gasteiger partial charge in [-0.1, -0.05) is 73.5 Å². The summed E-state index contributed by atoms with van der Waals surface area (Å²) in [6.07, 6.45) is -1.97. The Labute approximate surface area is 850 Å². The van der Waals surface area contributed by atoms with Gasteiger partial charge in [-0.2, -0.15) is 0 Å². The lowest BCUT2D eigenvalue weighted by molar-refractivity contribution is -0.763. The summed E-state index contributed by atoms with van der Waals surface area (Å²) in [7, 11) is 0. The van der Waals surface area contributed by atoms with E-state index >= 15 is 0 Å². The zero-order chi connectivity index (χ0) is 114. The number of carbonyl (C=O) groups excluding carboxylic acids is 8. The van der Waals surface area contributed by atoms with Gasteiger partial charge in [0, 0.05) is 32.7 Å². The molecule has 846 valence electrons. The summed E-state index contributed by atoms with van der Waals surface area (Å²) in [5, 5.41) is 155. The maximum atomic E-state index is 11.6. The van der Waals surface area contributed by atoms with Crippen LogP contribution >= 0.6 is 0 Å². The number of aliphatic hydroxyl groups is 8. The highest BCUT2D eigenvalue weighted by atomic mass is 17.0. The Balaban J connectivity index is -0.000000808. The lowest BCUT2D eigenvalue weighted by atomic mass is 10.1. The normalized spacial score (nSPS) is 13.6. The second kappa shape index (κ2) is 84.6. The van der Waals surface area contributed by atoms with Crippen LogP contribution < -0.4 is 81.3 Å². The molecule has 4 aromatic rings. The van der Waals surface area contributed by atoms with Gasteiger partial charge in [0.2, 0.25) is 17.7 Å². The smallest absolute Gasteiger partial charge is 0.330 e. The van der Waals surface area contributed by atoms with E-state index in [1.165, 1.54) is 67.5 Å². The summed E-state index contributed by atoms with van der Waals surface area (Å²) < 4.78 is 29.6. The molecule has 0 spiro atoms. The Morgan fingerprint density at radius 3 is 0.953 bits per heavy atom. The van der Waals surface area contributed by atoms with Crippen LogP contribution in [0.3, 0.4) is 0 Å². The van der Waals surface area contributed by atoms with Crippen LogP contribution in [0.4, 0.5) is 0 Å². The first kappa shape index (κ1) is 141. The number of ether oxygens (including phenoxy) is 6. The van der Waals surface area contributed by atoms with E-state index in [0.29, 0.717) is 87.0 Å². The Bertz CT molecular complexity index is 4450. The van der Waals surface area contributed by atoms with E-state index in [4.69, 9.17) is 105 Å². The van der Waals surface area contributed by atoms with Crippen molar-refractivity contribution in [2.24, 2.45) is 45.9 Å². The number of unbranched alkanes of at least 4 members (excludes halogenated alkanes) is 4. The minimum atomic E-state index is -1.13. The number of aliphatic hydroxyl groups excluding tert-OH is 8. The Kier molecular flexibility index (Phi) is 79.9. The van der Waals surface area contributed by atoms with Crippen molar-refractivity contribution in [1.82, 2.24) is 21.3 Å². The van der Waals surface area contributed by atoms with Crippen molar-refractivity contribution in [3.8, 4) is 17.2 Å². The van der Waals surface area contributed by atoms with Crippen LogP contribution in [0.1, 0.15) is 128 Å². The molecule has 0 saturated heterocycles. The summed E-state index contributed by atoms with van der Waals surface area (Å²) >= 11 is 0. The molecule has 3 amide bonds. The third-order valence-corrected chi connectivity index (χ3v) is 18.1. The molecule has 4 rings (SSSR count). The molecular weight excluding hydrogens is 2010 g/mol. The number of esters is 5. The molecule has 66 heteroatoms. The first-order chi connectivity index (χ1) is 69.9. The molecule has 0 saturated carbocycles. The van der Waals surface area contributed by atoms with Crippen LogP contribution in [0.5, 0.6) is 17.2 Å². The van der Waals surface area contributed by atoms with Gasteiger partial charge >= 0.3 is 29.8 Å². The van der Waals surface area contributed by atoms with Crippen molar-refractivity contribution < 1.29 is 187 Å². The zero-order valence-electron chi connectivity index (χ0n) is 82.9. The van der Waals surface area contributed by atoms with Gasteiger partial charge in [0.1, 0.15) is 112 Å². The van der Waals surface area contributed by atoms with Gasteiger partial charge in [-0.25, -0.2) is 14.4 Å². The van der Waals surface area contributed by atoms with Crippen molar-refractivity contribution in [3.05, 3.63) is 206 Å². The van der Waals surface area contributed by atoms with Gasteiger partial charge in [-0.3, -0.25) is 24.0 Å². The van der Waals surface area contributed by atoms with Crippen LogP contribution in [0.15, 0.2) is 97.1 Å².